The number of carboxylic acid groups (broad SMARTS) is 1. The number of aliphatic carboxylic acids is 1. The molecule has 0 aromatic rings. The van der Waals surface area contributed by atoms with Crippen molar-refractivity contribution in [1.29, 1.82) is 0 Å². The molecule has 1 heterocycles. The van der Waals surface area contributed by atoms with Gasteiger partial charge in [0, 0.05) is 12.6 Å². The van der Waals surface area contributed by atoms with Gasteiger partial charge in [0.05, 0.1) is 12.0 Å². The van der Waals surface area contributed by atoms with Crippen LogP contribution in [-0.2, 0) is 9.53 Å². The summed E-state index contributed by atoms with van der Waals surface area (Å²) < 4.78 is 5.57. The predicted octanol–water partition coefficient (Wildman–Crippen LogP) is 1.79. The molecule has 0 spiro atoms. The fourth-order valence-corrected chi connectivity index (χ4v) is 2.86. The molecule has 0 bridgehead atoms. The second-order valence-electron chi connectivity index (χ2n) is 5.26. The van der Waals surface area contributed by atoms with Gasteiger partial charge in [0.25, 0.3) is 0 Å². The molecule has 0 aromatic heterocycles. The van der Waals surface area contributed by atoms with Gasteiger partial charge in [0.1, 0.15) is 0 Å². The highest BCUT2D eigenvalue weighted by Gasteiger charge is 2.25. The second kappa shape index (κ2) is 6.36. The summed E-state index contributed by atoms with van der Waals surface area (Å²) in [6.07, 6.45) is 7.61. The molecule has 2 aliphatic rings. The molecule has 0 aromatic carbocycles. The van der Waals surface area contributed by atoms with Crippen LogP contribution in [0, 0.1) is 5.92 Å². The highest BCUT2D eigenvalue weighted by molar-refractivity contribution is 5.70. The van der Waals surface area contributed by atoms with Gasteiger partial charge < -0.3 is 15.2 Å². The highest BCUT2D eigenvalue weighted by Crippen LogP contribution is 2.24. The van der Waals surface area contributed by atoms with Gasteiger partial charge in [-0.15, -0.1) is 0 Å². The lowest BCUT2D eigenvalue weighted by Gasteiger charge is -2.27. The van der Waals surface area contributed by atoms with Gasteiger partial charge in [-0.2, -0.15) is 0 Å². The molecule has 1 aliphatic carbocycles. The molecule has 1 aliphatic heterocycles. The van der Waals surface area contributed by atoms with E-state index in [4.69, 9.17) is 9.84 Å². The number of nitrogens with one attached hydrogen (secondary N) is 1. The van der Waals surface area contributed by atoms with Gasteiger partial charge in [-0.05, 0) is 51.5 Å². The first-order valence-corrected chi connectivity index (χ1v) is 6.83. The third kappa shape index (κ3) is 3.96. The fourth-order valence-electron chi connectivity index (χ4n) is 2.86. The van der Waals surface area contributed by atoms with E-state index in [1.54, 1.807) is 0 Å². The van der Waals surface area contributed by atoms with Gasteiger partial charge >= 0.3 is 5.97 Å². The average Bonchev–Trinajstić information content (AvgIpc) is 2.83. The summed E-state index contributed by atoms with van der Waals surface area (Å²) in [6, 6.07) is 0.520. The minimum Gasteiger partial charge on any atom is -0.481 e. The van der Waals surface area contributed by atoms with Crippen molar-refractivity contribution in [2.24, 2.45) is 5.92 Å². The molecule has 4 heteroatoms. The van der Waals surface area contributed by atoms with E-state index in [-0.39, 0.29) is 5.92 Å². The molecular formula is C13H23NO3. The molecule has 17 heavy (non-hydrogen) atoms. The third-order valence-corrected chi connectivity index (χ3v) is 4.00. The first-order chi connectivity index (χ1) is 8.25. The summed E-state index contributed by atoms with van der Waals surface area (Å²) in [4.78, 5) is 10.8. The number of ether oxygens (including phenoxy) is 1. The molecule has 98 valence electrons. The first kappa shape index (κ1) is 12.8. The summed E-state index contributed by atoms with van der Waals surface area (Å²) >= 11 is 0. The average molecular weight is 241 g/mol. The molecule has 1 saturated heterocycles. The van der Waals surface area contributed by atoms with Crippen LogP contribution in [0.25, 0.3) is 0 Å². The normalized spacial score (nSPS) is 33.8. The number of hydrogen-bond acceptors (Lipinski definition) is 3. The molecule has 0 amide bonds. The second-order valence-corrected chi connectivity index (χ2v) is 5.26. The van der Waals surface area contributed by atoms with Gasteiger partial charge in [-0.1, -0.05) is 0 Å². The zero-order valence-corrected chi connectivity index (χ0v) is 10.4. The van der Waals surface area contributed by atoms with E-state index < -0.39 is 5.97 Å². The molecule has 1 unspecified atom stereocenters. The molecule has 1 saturated carbocycles. The van der Waals surface area contributed by atoms with Crippen molar-refractivity contribution in [2.75, 3.05) is 13.2 Å². The Morgan fingerprint density at radius 3 is 2.59 bits per heavy atom. The Morgan fingerprint density at radius 2 is 2.00 bits per heavy atom. The summed E-state index contributed by atoms with van der Waals surface area (Å²) in [5.74, 6) is -0.728. The Labute approximate surface area is 103 Å². The lowest BCUT2D eigenvalue weighted by molar-refractivity contribution is -0.142. The highest BCUT2D eigenvalue weighted by atomic mass is 16.5. The van der Waals surface area contributed by atoms with Crippen molar-refractivity contribution in [2.45, 2.75) is 57.1 Å². The van der Waals surface area contributed by atoms with Crippen LogP contribution < -0.4 is 5.32 Å². The van der Waals surface area contributed by atoms with Gasteiger partial charge in [0.2, 0.25) is 0 Å². The Morgan fingerprint density at radius 1 is 1.24 bits per heavy atom. The van der Waals surface area contributed by atoms with Crippen LogP contribution in [0.3, 0.4) is 0 Å². The SMILES string of the molecule is O=C(O)C1CCC(NCCC2CCCO2)CC1. The van der Waals surface area contributed by atoms with Crippen molar-refractivity contribution in [3.8, 4) is 0 Å². The van der Waals surface area contributed by atoms with Crippen molar-refractivity contribution in [1.82, 2.24) is 5.32 Å². The van der Waals surface area contributed by atoms with Crippen LogP contribution in [0.5, 0.6) is 0 Å². The number of carbonyl (C=O) groups is 1. The zero-order chi connectivity index (χ0) is 12.1. The minimum atomic E-state index is -0.622. The van der Waals surface area contributed by atoms with Gasteiger partial charge in [-0.3, -0.25) is 4.79 Å². The Hall–Kier alpha value is -0.610. The Kier molecular flexibility index (Phi) is 4.80. The van der Waals surface area contributed by atoms with Crippen LogP contribution in [0.1, 0.15) is 44.9 Å². The lowest BCUT2D eigenvalue weighted by atomic mass is 9.86. The van der Waals surface area contributed by atoms with Crippen molar-refractivity contribution in [3.05, 3.63) is 0 Å². The summed E-state index contributed by atoms with van der Waals surface area (Å²) in [5.41, 5.74) is 0. The topological polar surface area (TPSA) is 58.6 Å². The molecular weight excluding hydrogens is 218 g/mol. The molecule has 4 nitrogen and oxygen atoms in total. The maximum atomic E-state index is 10.8. The van der Waals surface area contributed by atoms with E-state index in [1.807, 2.05) is 0 Å². The number of hydrogen-bond donors (Lipinski definition) is 2. The van der Waals surface area contributed by atoms with E-state index in [0.717, 1.165) is 45.3 Å². The predicted molar refractivity (Wildman–Crippen MR) is 65.0 cm³/mol. The molecule has 2 rings (SSSR count). The van der Waals surface area contributed by atoms with Crippen molar-refractivity contribution < 1.29 is 14.6 Å². The first-order valence-electron chi connectivity index (χ1n) is 6.83. The van der Waals surface area contributed by atoms with Crippen LogP contribution >= 0.6 is 0 Å². The Balaban J connectivity index is 1.56. The van der Waals surface area contributed by atoms with Crippen molar-refractivity contribution >= 4 is 5.97 Å². The largest absolute Gasteiger partial charge is 0.481 e. The summed E-state index contributed by atoms with van der Waals surface area (Å²) in [7, 11) is 0. The quantitative estimate of drug-likeness (QED) is 0.770. The molecule has 0 radical (unpaired) electrons. The van der Waals surface area contributed by atoms with E-state index in [0.29, 0.717) is 12.1 Å². The zero-order valence-electron chi connectivity index (χ0n) is 10.4. The summed E-state index contributed by atoms with van der Waals surface area (Å²) in [6.45, 7) is 1.93. The number of carboxylic acids is 1. The maximum Gasteiger partial charge on any atom is 0.306 e. The van der Waals surface area contributed by atoms with E-state index in [9.17, 15) is 4.79 Å². The van der Waals surface area contributed by atoms with Crippen LogP contribution in [0.2, 0.25) is 0 Å². The van der Waals surface area contributed by atoms with Crippen LogP contribution in [0.15, 0.2) is 0 Å². The third-order valence-electron chi connectivity index (χ3n) is 4.00. The van der Waals surface area contributed by atoms with Gasteiger partial charge in [-0.25, -0.2) is 0 Å². The van der Waals surface area contributed by atoms with Gasteiger partial charge in [0.15, 0.2) is 0 Å². The Bertz CT molecular complexity index is 243. The smallest absolute Gasteiger partial charge is 0.306 e. The van der Waals surface area contributed by atoms with E-state index in [2.05, 4.69) is 5.32 Å². The molecule has 2 fully saturated rings. The molecule has 2 N–H and O–H groups in total. The fraction of sp³-hybridized carbons (Fsp3) is 0.923. The molecule has 1 atom stereocenters. The van der Waals surface area contributed by atoms with E-state index >= 15 is 0 Å². The minimum absolute atomic E-state index is 0.105. The van der Waals surface area contributed by atoms with Crippen molar-refractivity contribution in [3.63, 3.8) is 0 Å². The summed E-state index contributed by atoms with van der Waals surface area (Å²) in [5, 5.41) is 12.4. The lowest BCUT2D eigenvalue weighted by Crippen LogP contribution is -2.36. The van der Waals surface area contributed by atoms with Crippen LogP contribution in [-0.4, -0.2) is 36.4 Å². The number of rotatable bonds is 5. The maximum absolute atomic E-state index is 10.8. The van der Waals surface area contributed by atoms with Crippen LogP contribution in [0.4, 0.5) is 0 Å². The van der Waals surface area contributed by atoms with E-state index in [1.165, 1.54) is 12.8 Å². The monoisotopic (exact) mass is 241 g/mol. The standard InChI is InChI=1S/C13H23NO3/c15-13(16)10-3-5-11(6-4-10)14-8-7-12-2-1-9-17-12/h10-12,14H,1-9H2,(H,15,16).